The highest BCUT2D eigenvalue weighted by molar-refractivity contribution is 7.99. The van der Waals surface area contributed by atoms with E-state index in [4.69, 9.17) is 5.73 Å². The van der Waals surface area contributed by atoms with Gasteiger partial charge in [-0.05, 0) is 27.7 Å². The predicted octanol–water partition coefficient (Wildman–Crippen LogP) is 1.08. The Morgan fingerprint density at radius 2 is 2.00 bits per heavy atom. The van der Waals surface area contributed by atoms with Gasteiger partial charge in [-0.1, -0.05) is 11.8 Å². The molecule has 0 saturated carbocycles. The van der Waals surface area contributed by atoms with Gasteiger partial charge in [-0.2, -0.15) is 0 Å². The van der Waals surface area contributed by atoms with Crippen molar-refractivity contribution in [2.75, 3.05) is 11.5 Å². The number of nitrogens with zero attached hydrogens (tertiary/aromatic N) is 2. The van der Waals surface area contributed by atoms with Gasteiger partial charge in [0.05, 0.1) is 5.75 Å². The molecule has 0 atom stereocenters. The highest BCUT2D eigenvalue weighted by Crippen LogP contribution is 2.14. The number of aryl methyl sites for hydroxylation is 1. The zero-order valence-electron chi connectivity index (χ0n) is 12.0. The van der Waals surface area contributed by atoms with E-state index in [0.717, 1.165) is 17.5 Å². The molecule has 8 heteroatoms. The SMILES string of the molecule is Cc1cc(N)nc(SCC(=O)NC(=O)NC(C)(C)C)n1. The van der Waals surface area contributed by atoms with Crippen LogP contribution >= 0.6 is 11.8 Å². The fourth-order valence-electron chi connectivity index (χ4n) is 1.29. The van der Waals surface area contributed by atoms with Crippen LogP contribution in [0.3, 0.4) is 0 Å². The summed E-state index contributed by atoms with van der Waals surface area (Å²) < 4.78 is 0. The molecule has 0 aliphatic carbocycles. The van der Waals surface area contributed by atoms with Crippen LogP contribution in [-0.2, 0) is 4.79 Å². The molecule has 0 spiro atoms. The summed E-state index contributed by atoms with van der Waals surface area (Å²) in [4.78, 5) is 31.2. The van der Waals surface area contributed by atoms with Crippen LogP contribution in [0.25, 0.3) is 0 Å². The van der Waals surface area contributed by atoms with Gasteiger partial charge < -0.3 is 11.1 Å². The van der Waals surface area contributed by atoms with E-state index in [2.05, 4.69) is 20.6 Å². The number of urea groups is 1. The monoisotopic (exact) mass is 297 g/mol. The second-order valence-electron chi connectivity index (χ2n) is 5.26. The van der Waals surface area contributed by atoms with E-state index in [1.807, 2.05) is 20.8 Å². The van der Waals surface area contributed by atoms with Gasteiger partial charge in [0.15, 0.2) is 5.16 Å². The number of imide groups is 1. The topological polar surface area (TPSA) is 110 Å². The van der Waals surface area contributed by atoms with E-state index >= 15 is 0 Å². The van der Waals surface area contributed by atoms with Crippen molar-refractivity contribution in [2.24, 2.45) is 0 Å². The molecular formula is C12H19N5O2S. The van der Waals surface area contributed by atoms with E-state index in [1.165, 1.54) is 0 Å². The molecule has 0 bridgehead atoms. The van der Waals surface area contributed by atoms with Crippen LogP contribution in [0.2, 0.25) is 0 Å². The Morgan fingerprint density at radius 1 is 1.35 bits per heavy atom. The third kappa shape index (κ3) is 6.37. The van der Waals surface area contributed by atoms with Crippen molar-refractivity contribution in [3.63, 3.8) is 0 Å². The molecule has 0 aliphatic rings. The first-order valence-electron chi connectivity index (χ1n) is 6.02. The van der Waals surface area contributed by atoms with E-state index in [-0.39, 0.29) is 5.75 Å². The van der Waals surface area contributed by atoms with Crippen molar-refractivity contribution < 1.29 is 9.59 Å². The number of nitrogens with two attached hydrogens (primary N) is 1. The fraction of sp³-hybridized carbons (Fsp3) is 0.500. The summed E-state index contributed by atoms with van der Waals surface area (Å²) in [6, 6.07) is 1.12. The second-order valence-corrected chi connectivity index (χ2v) is 6.20. The Hall–Kier alpha value is -1.83. The molecule has 0 unspecified atom stereocenters. The molecule has 1 aromatic heterocycles. The number of thioether (sulfide) groups is 1. The Labute approximate surface area is 122 Å². The highest BCUT2D eigenvalue weighted by Gasteiger charge is 2.16. The van der Waals surface area contributed by atoms with Gasteiger partial charge >= 0.3 is 6.03 Å². The molecule has 0 saturated heterocycles. The standard InChI is InChI=1S/C12H19N5O2S/c1-7-5-8(13)15-11(14-7)20-6-9(18)16-10(19)17-12(2,3)4/h5H,6H2,1-4H3,(H2,13,14,15)(H2,16,17,18,19). The lowest BCUT2D eigenvalue weighted by Crippen LogP contribution is -2.48. The number of carbonyl (C=O) groups excluding carboxylic acids is 2. The van der Waals surface area contributed by atoms with Crippen molar-refractivity contribution in [2.45, 2.75) is 38.4 Å². The number of carbonyl (C=O) groups is 2. The number of rotatable bonds is 3. The molecule has 1 aromatic rings. The predicted molar refractivity (Wildman–Crippen MR) is 78.3 cm³/mol. The first-order chi connectivity index (χ1) is 9.15. The Balaban J connectivity index is 2.45. The fourth-order valence-corrected chi connectivity index (χ4v) is 2.00. The van der Waals surface area contributed by atoms with Gasteiger partial charge in [-0.3, -0.25) is 10.1 Å². The third-order valence-corrected chi connectivity index (χ3v) is 2.77. The van der Waals surface area contributed by atoms with Crippen LogP contribution in [0, 0.1) is 6.92 Å². The largest absolute Gasteiger partial charge is 0.384 e. The maximum Gasteiger partial charge on any atom is 0.321 e. The molecule has 110 valence electrons. The van der Waals surface area contributed by atoms with E-state index < -0.39 is 17.5 Å². The Bertz CT molecular complexity index is 493. The van der Waals surface area contributed by atoms with E-state index in [1.54, 1.807) is 13.0 Å². The summed E-state index contributed by atoms with van der Waals surface area (Å²) in [5.41, 5.74) is 5.92. The summed E-state index contributed by atoms with van der Waals surface area (Å²) in [7, 11) is 0. The molecule has 0 aromatic carbocycles. The van der Waals surface area contributed by atoms with Crippen LogP contribution in [0.5, 0.6) is 0 Å². The van der Waals surface area contributed by atoms with Gasteiger partial charge in [0.1, 0.15) is 5.82 Å². The quantitative estimate of drug-likeness (QED) is 0.569. The molecule has 7 nitrogen and oxygen atoms in total. The lowest BCUT2D eigenvalue weighted by molar-refractivity contribution is -0.117. The third-order valence-electron chi connectivity index (χ3n) is 1.93. The number of nitrogens with one attached hydrogen (secondary N) is 2. The molecular weight excluding hydrogens is 278 g/mol. The summed E-state index contributed by atoms with van der Waals surface area (Å²) in [6.45, 7) is 7.28. The molecule has 3 amide bonds. The summed E-state index contributed by atoms with van der Waals surface area (Å²) in [6.07, 6.45) is 0. The normalized spacial score (nSPS) is 11.0. The maximum atomic E-state index is 11.6. The number of amides is 3. The van der Waals surface area contributed by atoms with Crippen molar-refractivity contribution in [3.8, 4) is 0 Å². The molecule has 4 N–H and O–H groups in total. The number of nitrogen functional groups attached to an aromatic ring is 1. The number of hydrogen-bond donors (Lipinski definition) is 3. The van der Waals surface area contributed by atoms with Gasteiger partial charge in [0.2, 0.25) is 5.91 Å². The Morgan fingerprint density at radius 3 is 2.55 bits per heavy atom. The van der Waals surface area contributed by atoms with Crippen LogP contribution in [0.1, 0.15) is 26.5 Å². The summed E-state index contributed by atoms with van der Waals surface area (Å²) in [5, 5.41) is 5.29. The van der Waals surface area contributed by atoms with Crippen molar-refractivity contribution in [3.05, 3.63) is 11.8 Å². The Kier molecular flexibility index (Phi) is 5.32. The average Bonchev–Trinajstić information content (AvgIpc) is 2.22. The van der Waals surface area contributed by atoms with E-state index in [9.17, 15) is 9.59 Å². The van der Waals surface area contributed by atoms with Gasteiger partial charge in [-0.25, -0.2) is 14.8 Å². The van der Waals surface area contributed by atoms with Crippen LogP contribution in [0.4, 0.5) is 10.6 Å². The number of hydrogen-bond acceptors (Lipinski definition) is 6. The molecule has 0 radical (unpaired) electrons. The van der Waals surface area contributed by atoms with E-state index in [0.29, 0.717) is 11.0 Å². The lowest BCUT2D eigenvalue weighted by Gasteiger charge is -2.20. The molecule has 1 rings (SSSR count). The summed E-state index contributed by atoms with van der Waals surface area (Å²) >= 11 is 1.12. The minimum atomic E-state index is -0.521. The first kappa shape index (κ1) is 16.2. The van der Waals surface area contributed by atoms with Crippen molar-refractivity contribution >= 4 is 29.5 Å². The minimum absolute atomic E-state index is 0.0421. The van der Waals surface area contributed by atoms with Crippen LogP contribution in [0.15, 0.2) is 11.2 Å². The number of anilines is 1. The van der Waals surface area contributed by atoms with Crippen molar-refractivity contribution in [1.29, 1.82) is 0 Å². The zero-order chi connectivity index (χ0) is 15.3. The van der Waals surface area contributed by atoms with Crippen LogP contribution < -0.4 is 16.4 Å². The summed E-state index contributed by atoms with van der Waals surface area (Å²) in [5.74, 6) is -0.0215. The smallest absolute Gasteiger partial charge is 0.321 e. The van der Waals surface area contributed by atoms with Crippen molar-refractivity contribution in [1.82, 2.24) is 20.6 Å². The van der Waals surface area contributed by atoms with Crippen LogP contribution in [-0.4, -0.2) is 33.2 Å². The highest BCUT2D eigenvalue weighted by atomic mass is 32.2. The lowest BCUT2D eigenvalue weighted by atomic mass is 10.1. The number of aromatic nitrogens is 2. The zero-order valence-corrected chi connectivity index (χ0v) is 12.8. The molecule has 0 fully saturated rings. The first-order valence-corrected chi connectivity index (χ1v) is 7.00. The van der Waals surface area contributed by atoms with Gasteiger partial charge in [-0.15, -0.1) is 0 Å². The molecule has 1 heterocycles. The second kappa shape index (κ2) is 6.56. The molecule has 0 aliphatic heterocycles. The average molecular weight is 297 g/mol. The molecule has 20 heavy (non-hydrogen) atoms. The minimum Gasteiger partial charge on any atom is -0.384 e. The maximum absolute atomic E-state index is 11.6. The van der Waals surface area contributed by atoms with Gasteiger partial charge in [0.25, 0.3) is 0 Å². The van der Waals surface area contributed by atoms with Gasteiger partial charge in [0, 0.05) is 17.3 Å².